The van der Waals surface area contributed by atoms with Crippen molar-refractivity contribution in [1.82, 2.24) is 4.72 Å². The zero-order chi connectivity index (χ0) is 17.1. The van der Waals surface area contributed by atoms with Crippen LogP contribution in [0.3, 0.4) is 0 Å². The van der Waals surface area contributed by atoms with E-state index in [4.69, 9.17) is 0 Å². The van der Waals surface area contributed by atoms with E-state index in [0.29, 0.717) is 6.07 Å². The number of hydrogen-bond acceptors (Lipinski definition) is 2. The van der Waals surface area contributed by atoms with Crippen molar-refractivity contribution in [3.8, 4) is 0 Å². The third kappa shape index (κ3) is 7.88. The number of nitrogens with one attached hydrogen (secondary N) is 1. The lowest BCUT2D eigenvalue weighted by Gasteiger charge is -2.07. The molecule has 1 aromatic rings. The molecular formula is C17H27F2NO2S. The molecule has 6 heteroatoms. The van der Waals surface area contributed by atoms with Gasteiger partial charge in [0.25, 0.3) is 0 Å². The van der Waals surface area contributed by atoms with Crippen molar-refractivity contribution < 1.29 is 17.2 Å². The first kappa shape index (κ1) is 20.0. The standard InChI is InChI=1S/C17H27F2NO2S/c1-2-3-4-5-6-7-8-9-10-13-20-23(21,22)17-12-11-15(18)14-16(17)19/h11-12,14,20H,2-10,13H2,1H3. The maximum atomic E-state index is 13.5. The topological polar surface area (TPSA) is 46.2 Å². The number of sulfonamides is 1. The normalized spacial score (nSPS) is 11.8. The zero-order valence-electron chi connectivity index (χ0n) is 13.8. The Morgan fingerprint density at radius 3 is 2.04 bits per heavy atom. The molecule has 0 atom stereocenters. The third-order valence-corrected chi connectivity index (χ3v) is 5.25. The summed E-state index contributed by atoms with van der Waals surface area (Å²) in [6.45, 7) is 2.47. The highest BCUT2D eigenvalue weighted by Gasteiger charge is 2.18. The Bertz CT molecular complexity index is 562. The van der Waals surface area contributed by atoms with E-state index in [1.165, 1.54) is 38.5 Å². The van der Waals surface area contributed by atoms with Crippen LogP contribution in [0.1, 0.15) is 64.7 Å². The van der Waals surface area contributed by atoms with E-state index >= 15 is 0 Å². The monoisotopic (exact) mass is 347 g/mol. The van der Waals surface area contributed by atoms with Crippen LogP contribution in [0.15, 0.2) is 23.1 Å². The van der Waals surface area contributed by atoms with Gasteiger partial charge in [0.1, 0.15) is 16.5 Å². The van der Waals surface area contributed by atoms with Gasteiger partial charge in [-0.1, -0.05) is 58.3 Å². The second kappa shape index (κ2) is 10.7. The first-order valence-electron chi connectivity index (χ1n) is 8.42. The van der Waals surface area contributed by atoms with E-state index < -0.39 is 26.6 Å². The average molecular weight is 347 g/mol. The lowest BCUT2D eigenvalue weighted by atomic mass is 10.1. The summed E-state index contributed by atoms with van der Waals surface area (Å²) in [6, 6.07) is 2.46. The van der Waals surface area contributed by atoms with Gasteiger partial charge in [0.05, 0.1) is 0 Å². The van der Waals surface area contributed by atoms with Crippen LogP contribution in [0.25, 0.3) is 0 Å². The first-order chi connectivity index (χ1) is 11.0. The summed E-state index contributed by atoms with van der Waals surface area (Å²) in [4.78, 5) is -0.505. The van der Waals surface area contributed by atoms with E-state index in [1.54, 1.807) is 0 Å². The number of halogens is 2. The third-order valence-electron chi connectivity index (χ3n) is 3.76. The lowest BCUT2D eigenvalue weighted by Crippen LogP contribution is -2.25. The Balaban J connectivity index is 2.20. The minimum atomic E-state index is -3.91. The molecule has 1 aromatic carbocycles. The van der Waals surface area contributed by atoms with E-state index in [2.05, 4.69) is 11.6 Å². The number of unbranched alkanes of at least 4 members (excludes halogenated alkanes) is 8. The SMILES string of the molecule is CCCCCCCCCCCNS(=O)(=O)c1ccc(F)cc1F. The van der Waals surface area contributed by atoms with Gasteiger partial charge in [-0.15, -0.1) is 0 Å². The van der Waals surface area contributed by atoms with E-state index in [0.717, 1.165) is 31.4 Å². The Labute approximate surface area is 138 Å². The fourth-order valence-electron chi connectivity index (χ4n) is 2.41. The van der Waals surface area contributed by atoms with E-state index in [-0.39, 0.29) is 6.54 Å². The van der Waals surface area contributed by atoms with Crippen LogP contribution in [-0.4, -0.2) is 15.0 Å². The average Bonchev–Trinajstić information content (AvgIpc) is 2.48. The van der Waals surface area contributed by atoms with Crippen molar-refractivity contribution in [3.05, 3.63) is 29.8 Å². The Morgan fingerprint density at radius 1 is 0.913 bits per heavy atom. The molecule has 0 saturated heterocycles. The van der Waals surface area contributed by atoms with Crippen molar-refractivity contribution >= 4 is 10.0 Å². The molecule has 0 aliphatic rings. The highest BCUT2D eigenvalue weighted by atomic mass is 32.2. The predicted molar refractivity (Wildman–Crippen MR) is 88.8 cm³/mol. The highest BCUT2D eigenvalue weighted by Crippen LogP contribution is 2.15. The fraction of sp³-hybridized carbons (Fsp3) is 0.647. The predicted octanol–water partition coefficient (Wildman–Crippen LogP) is 4.77. The van der Waals surface area contributed by atoms with Gasteiger partial charge in [0.15, 0.2) is 0 Å². The first-order valence-corrected chi connectivity index (χ1v) is 9.90. The summed E-state index contributed by atoms with van der Waals surface area (Å²) in [5, 5.41) is 0. The van der Waals surface area contributed by atoms with Gasteiger partial charge in [0, 0.05) is 12.6 Å². The van der Waals surface area contributed by atoms with Crippen LogP contribution in [0.5, 0.6) is 0 Å². The van der Waals surface area contributed by atoms with Gasteiger partial charge < -0.3 is 0 Å². The summed E-state index contributed by atoms with van der Waals surface area (Å²) in [5.41, 5.74) is 0. The van der Waals surface area contributed by atoms with Gasteiger partial charge in [-0.25, -0.2) is 21.9 Å². The molecule has 0 spiro atoms. The van der Waals surface area contributed by atoms with Crippen LogP contribution in [0.2, 0.25) is 0 Å². The summed E-state index contributed by atoms with van der Waals surface area (Å²) >= 11 is 0. The molecule has 0 aliphatic heterocycles. The molecule has 0 heterocycles. The van der Waals surface area contributed by atoms with Crippen molar-refractivity contribution in [2.75, 3.05) is 6.54 Å². The molecule has 0 saturated carbocycles. The molecule has 0 radical (unpaired) electrons. The Morgan fingerprint density at radius 2 is 1.48 bits per heavy atom. The second-order valence-corrected chi connectivity index (χ2v) is 7.54. The number of hydrogen-bond donors (Lipinski definition) is 1. The summed E-state index contributed by atoms with van der Waals surface area (Å²) in [6.07, 6.45) is 10.2. The van der Waals surface area contributed by atoms with Gasteiger partial charge >= 0.3 is 0 Å². The molecule has 1 rings (SSSR count). The minimum absolute atomic E-state index is 0.273. The molecule has 132 valence electrons. The van der Waals surface area contributed by atoms with Gasteiger partial charge in [0.2, 0.25) is 10.0 Å². The second-order valence-electron chi connectivity index (χ2n) is 5.80. The van der Waals surface area contributed by atoms with Crippen LogP contribution in [0.4, 0.5) is 8.78 Å². The zero-order valence-corrected chi connectivity index (χ0v) is 14.6. The Hall–Kier alpha value is -1.01. The van der Waals surface area contributed by atoms with Crippen LogP contribution >= 0.6 is 0 Å². The molecule has 0 aromatic heterocycles. The fourth-order valence-corrected chi connectivity index (χ4v) is 3.54. The molecule has 0 fully saturated rings. The van der Waals surface area contributed by atoms with Gasteiger partial charge in [-0.2, -0.15) is 0 Å². The number of rotatable bonds is 12. The van der Waals surface area contributed by atoms with E-state index in [1.807, 2.05) is 0 Å². The lowest BCUT2D eigenvalue weighted by molar-refractivity contribution is 0.537. The minimum Gasteiger partial charge on any atom is -0.211 e. The Kier molecular flexibility index (Phi) is 9.33. The van der Waals surface area contributed by atoms with Gasteiger partial charge in [-0.3, -0.25) is 0 Å². The van der Waals surface area contributed by atoms with Crippen LogP contribution in [0, 0.1) is 11.6 Å². The molecule has 1 N–H and O–H groups in total. The molecule has 23 heavy (non-hydrogen) atoms. The highest BCUT2D eigenvalue weighted by molar-refractivity contribution is 7.89. The summed E-state index contributed by atoms with van der Waals surface area (Å²) < 4.78 is 52.5. The molecule has 3 nitrogen and oxygen atoms in total. The number of benzene rings is 1. The molecule has 0 amide bonds. The quantitative estimate of drug-likeness (QED) is 0.553. The molecular weight excluding hydrogens is 320 g/mol. The summed E-state index contributed by atoms with van der Waals surface area (Å²) in [5.74, 6) is -1.86. The van der Waals surface area contributed by atoms with Crippen molar-refractivity contribution in [2.45, 2.75) is 69.6 Å². The van der Waals surface area contributed by atoms with Crippen molar-refractivity contribution in [2.24, 2.45) is 0 Å². The maximum Gasteiger partial charge on any atom is 0.243 e. The maximum absolute atomic E-state index is 13.5. The molecule has 0 unspecified atom stereocenters. The molecule has 0 bridgehead atoms. The smallest absolute Gasteiger partial charge is 0.211 e. The van der Waals surface area contributed by atoms with Gasteiger partial charge in [-0.05, 0) is 18.6 Å². The summed E-state index contributed by atoms with van der Waals surface area (Å²) in [7, 11) is -3.91. The van der Waals surface area contributed by atoms with E-state index in [9.17, 15) is 17.2 Å². The molecule has 0 aliphatic carbocycles. The largest absolute Gasteiger partial charge is 0.243 e. The van der Waals surface area contributed by atoms with Crippen molar-refractivity contribution in [3.63, 3.8) is 0 Å². The van der Waals surface area contributed by atoms with Crippen LogP contribution in [-0.2, 0) is 10.0 Å². The van der Waals surface area contributed by atoms with Crippen molar-refractivity contribution in [1.29, 1.82) is 0 Å². The van der Waals surface area contributed by atoms with Crippen LogP contribution < -0.4 is 4.72 Å².